The van der Waals surface area contributed by atoms with Crippen LogP contribution in [0.3, 0.4) is 0 Å². The van der Waals surface area contributed by atoms with Gasteiger partial charge in [-0.3, -0.25) is 19.7 Å². The number of carbonyl (C=O) groups is 2. The molecule has 1 aliphatic carbocycles. The van der Waals surface area contributed by atoms with Crippen LogP contribution < -0.4 is 15.4 Å². The Hall–Kier alpha value is -4.25. The first-order chi connectivity index (χ1) is 26.4. The third kappa shape index (κ3) is 11.6. The quantitative estimate of drug-likeness (QED) is 0.102. The van der Waals surface area contributed by atoms with Crippen molar-refractivity contribution in [2.24, 2.45) is 0 Å². The Morgan fingerprint density at radius 1 is 0.907 bits per heavy atom. The molecule has 0 bridgehead atoms. The van der Waals surface area contributed by atoms with Crippen molar-refractivity contribution in [2.75, 3.05) is 78.3 Å². The van der Waals surface area contributed by atoms with Crippen LogP contribution in [0, 0.1) is 5.82 Å². The first-order valence-corrected chi connectivity index (χ1v) is 19.3. The number of amides is 3. The first-order valence-electron chi connectivity index (χ1n) is 18.5. The van der Waals surface area contributed by atoms with Crippen molar-refractivity contribution in [2.45, 2.75) is 51.2 Å². The van der Waals surface area contributed by atoms with E-state index in [2.05, 4.69) is 26.6 Å². The van der Waals surface area contributed by atoms with Gasteiger partial charge in [0, 0.05) is 82.5 Å². The highest BCUT2D eigenvalue weighted by Crippen LogP contribution is 2.39. The largest absolute Gasteiger partial charge is 0.453 e. The van der Waals surface area contributed by atoms with Crippen LogP contribution in [-0.4, -0.2) is 117 Å². The second kappa shape index (κ2) is 19.9. The van der Waals surface area contributed by atoms with E-state index in [-0.39, 0.29) is 29.8 Å². The summed E-state index contributed by atoms with van der Waals surface area (Å²) in [6.45, 7) is 8.34. The van der Waals surface area contributed by atoms with Gasteiger partial charge in [-0.1, -0.05) is 6.07 Å². The number of piperidine rings is 1. The standard InChI is InChI=1S/C39H49FN6O7S/c1-27(47)46(15-16-50-19-20-52-22-21-51-18-17-49-2)31-10-13-45(14-11-31)26-28-3-7-33(42-25-28)37-24-34-38(54-37)36(9-12-41-34)53-35-8-6-30(23-32(35)40)44-39(48)43-29-4-5-29/h3,6-9,12,23-25,29,31H,4-5,10-11,13-22,26H2,1-2H3,(H2,43,44,48). The van der Waals surface area contributed by atoms with Gasteiger partial charge >= 0.3 is 6.03 Å². The van der Waals surface area contributed by atoms with Gasteiger partial charge in [-0.05, 0) is 55.5 Å². The number of pyridine rings is 2. The lowest BCUT2D eigenvalue weighted by atomic mass is 10.0. The van der Waals surface area contributed by atoms with Crippen molar-refractivity contribution >= 4 is 39.2 Å². The predicted molar refractivity (Wildman–Crippen MR) is 205 cm³/mol. The number of hydrogen-bond acceptors (Lipinski definition) is 11. The van der Waals surface area contributed by atoms with Crippen LogP contribution in [0.15, 0.2) is 54.9 Å². The fourth-order valence-corrected chi connectivity index (χ4v) is 7.28. The summed E-state index contributed by atoms with van der Waals surface area (Å²) in [6.07, 6.45) is 7.28. The minimum Gasteiger partial charge on any atom is -0.453 e. The zero-order valence-corrected chi connectivity index (χ0v) is 31.7. The van der Waals surface area contributed by atoms with Crippen LogP contribution in [0.2, 0.25) is 0 Å². The minimum absolute atomic E-state index is 0.0498. The Bertz CT molecular complexity index is 1820. The molecule has 6 rings (SSSR count). The Kier molecular flexibility index (Phi) is 14.5. The second-order valence-electron chi connectivity index (χ2n) is 13.4. The number of anilines is 1. The molecule has 3 amide bonds. The molecule has 0 spiro atoms. The topological polar surface area (TPSA) is 137 Å². The molecule has 290 valence electrons. The van der Waals surface area contributed by atoms with Crippen molar-refractivity contribution in [1.29, 1.82) is 0 Å². The average Bonchev–Trinajstić information content (AvgIpc) is 3.87. The smallest absolute Gasteiger partial charge is 0.319 e. The molecule has 1 saturated carbocycles. The van der Waals surface area contributed by atoms with Crippen molar-refractivity contribution < 1.29 is 37.7 Å². The average molecular weight is 765 g/mol. The van der Waals surface area contributed by atoms with E-state index in [1.807, 2.05) is 23.2 Å². The lowest BCUT2D eigenvalue weighted by Gasteiger charge is -2.38. The van der Waals surface area contributed by atoms with Crippen LogP contribution in [0.1, 0.15) is 38.2 Å². The van der Waals surface area contributed by atoms with Gasteiger partial charge in [-0.2, -0.15) is 0 Å². The summed E-state index contributed by atoms with van der Waals surface area (Å²) < 4.78 is 43.3. The van der Waals surface area contributed by atoms with Crippen LogP contribution in [0.4, 0.5) is 14.9 Å². The van der Waals surface area contributed by atoms with E-state index < -0.39 is 5.82 Å². The molecule has 54 heavy (non-hydrogen) atoms. The maximum absolute atomic E-state index is 15.0. The molecule has 13 nitrogen and oxygen atoms in total. The van der Waals surface area contributed by atoms with Gasteiger partial charge in [0.05, 0.1) is 67.0 Å². The number of nitrogens with one attached hydrogen (secondary N) is 2. The van der Waals surface area contributed by atoms with Crippen molar-refractivity contribution in [3.63, 3.8) is 0 Å². The number of hydrogen-bond donors (Lipinski definition) is 2. The van der Waals surface area contributed by atoms with E-state index in [1.165, 1.54) is 23.5 Å². The molecular weight excluding hydrogens is 716 g/mol. The molecule has 4 heterocycles. The predicted octanol–water partition coefficient (Wildman–Crippen LogP) is 6.08. The lowest BCUT2D eigenvalue weighted by Crippen LogP contribution is -2.47. The Labute approximate surface area is 319 Å². The summed E-state index contributed by atoms with van der Waals surface area (Å²) in [7, 11) is 1.64. The molecule has 1 saturated heterocycles. The molecule has 1 aliphatic heterocycles. The summed E-state index contributed by atoms with van der Waals surface area (Å²) in [5.74, 6) is 0.0206. The Balaban J connectivity index is 0.950. The van der Waals surface area contributed by atoms with Crippen LogP contribution in [0.5, 0.6) is 11.5 Å². The maximum atomic E-state index is 15.0. The summed E-state index contributed by atoms with van der Waals surface area (Å²) in [5, 5.41) is 5.48. The molecule has 1 aromatic carbocycles. The molecular formula is C39H49FN6O7S. The highest BCUT2D eigenvalue weighted by Gasteiger charge is 2.26. The molecule has 2 N–H and O–H groups in total. The minimum atomic E-state index is -0.585. The van der Waals surface area contributed by atoms with Crippen LogP contribution in [-0.2, 0) is 30.3 Å². The number of thiophene rings is 1. The third-order valence-corrected chi connectivity index (χ3v) is 10.4. The lowest BCUT2D eigenvalue weighted by molar-refractivity contribution is -0.133. The molecule has 0 radical (unpaired) electrons. The fourth-order valence-electron chi connectivity index (χ4n) is 6.24. The zero-order chi connectivity index (χ0) is 37.7. The number of methoxy groups -OCH3 is 1. The first kappa shape index (κ1) is 39.4. The van der Waals surface area contributed by atoms with E-state index in [9.17, 15) is 9.59 Å². The summed E-state index contributed by atoms with van der Waals surface area (Å²) in [5.41, 5.74) is 3.00. The molecule has 2 fully saturated rings. The SMILES string of the molecule is COCCOCCOCCOCCN(C(C)=O)C1CCN(Cc2ccc(-c3cc4nccc(Oc5ccc(NC(=O)NC6CC6)cc5F)c4s3)nc2)CC1. The third-order valence-electron chi connectivity index (χ3n) is 9.24. The van der Waals surface area contributed by atoms with Crippen molar-refractivity contribution in [1.82, 2.24) is 25.1 Å². The van der Waals surface area contributed by atoms with Gasteiger partial charge in [0.2, 0.25) is 5.91 Å². The second-order valence-corrected chi connectivity index (χ2v) is 14.4. The fraction of sp³-hybridized carbons (Fsp3) is 0.487. The highest BCUT2D eigenvalue weighted by molar-refractivity contribution is 7.22. The zero-order valence-electron chi connectivity index (χ0n) is 30.9. The van der Waals surface area contributed by atoms with Gasteiger partial charge in [0.15, 0.2) is 11.6 Å². The number of aromatic nitrogens is 2. The van der Waals surface area contributed by atoms with Gasteiger partial charge in [-0.15, -0.1) is 11.3 Å². The van der Waals surface area contributed by atoms with E-state index in [0.717, 1.165) is 71.7 Å². The molecule has 15 heteroatoms. The van der Waals surface area contributed by atoms with E-state index in [0.29, 0.717) is 64.2 Å². The molecule has 3 aromatic heterocycles. The molecule has 0 unspecified atom stereocenters. The number of likely N-dealkylation sites (tertiary alicyclic amines) is 1. The highest BCUT2D eigenvalue weighted by atomic mass is 32.1. The summed E-state index contributed by atoms with van der Waals surface area (Å²) >= 11 is 1.48. The van der Waals surface area contributed by atoms with Crippen molar-refractivity contribution in [3.8, 4) is 22.1 Å². The van der Waals surface area contributed by atoms with Crippen LogP contribution >= 0.6 is 11.3 Å². The number of carbonyl (C=O) groups excluding carboxylic acids is 2. The molecule has 0 atom stereocenters. The van der Waals surface area contributed by atoms with E-state index >= 15 is 4.39 Å². The number of halogens is 1. The van der Waals surface area contributed by atoms with Gasteiger partial charge < -0.3 is 39.2 Å². The number of urea groups is 1. The Morgan fingerprint density at radius 3 is 2.31 bits per heavy atom. The Morgan fingerprint density at radius 2 is 1.65 bits per heavy atom. The van der Waals surface area contributed by atoms with E-state index in [1.54, 1.807) is 32.4 Å². The normalized spacial score (nSPS) is 15.0. The number of rotatable bonds is 20. The summed E-state index contributed by atoms with van der Waals surface area (Å²) in [6, 6.07) is 12.2. The number of fused-ring (bicyclic) bond motifs is 1. The van der Waals surface area contributed by atoms with Crippen molar-refractivity contribution in [3.05, 3.63) is 66.2 Å². The molecule has 4 aromatic rings. The number of ether oxygens (including phenoxy) is 5. The molecule has 2 aliphatic rings. The summed E-state index contributed by atoms with van der Waals surface area (Å²) in [4.78, 5) is 39.1. The monoisotopic (exact) mass is 764 g/mol. The van der Waals surface area contributed by atoms with Gasteiger partial charge in [-0.25, -0.2) is 9.18 Å². The van der Waals surface area contributed by atoms with Gasteiger partial charge in [0.25, 0.3) is 0 Å². The number of benzene rings is 1. The number of nitrogens with zero attached hydrogens (tertiary/aromatic N) is 4. The van der Waals surface area contributed by atoms with Gasteiger partial charge in [0.1, 0.15) is 5.75 Å². The maximum Gasteiger partial charge on any atom is 0.319 e. The van der Waals surface area contributed by atoms with Crippen LogP contribution in [0.25, 0.3) is 20.8 Å². The van der Waals surface area contributed by atoms with E-state index in [4.69, 9.17) is 28.7 Å².